The standard InChI is InChI=1S/C14H14N2O2/c17-13(12-9-15-6-7-16-12)11-5-1-3-10-4-2-8-18-14(10)11/h1,3,5-7,9,13,17H,2,4,8H2. The first kappa shape index (κ1) is 11.2. The molecular weight excluding hydrogens is 228 g/mol. The lowest BCUT2D eigenvalue weighted by Gasteiger charge is -2.22. The summed E-state index contributed by atoms with van der Waals surface area (Å²) in [5.41, 5.74) is 2.47. The van der Waals surface area contributed by atoms with Gasteiger partial charge in [0, 0.05) is 18.0 Å². The van der Waals surface area contributed by atoms with Crippen LogP contribution in [-0.4, -0.2) is 21.7 Å². The van der Waals surface area contributed by atoms with Gasteiger partial charge in [0.15, 0.2) is 0 Å². The number of aliphatic hydroxyl groups excluding tert-OH is 1. The van der Waals surface area contributed by atoms with E-state index in [0.29, 0.717) is 12.3 Å². The van der Waals surface area contributed by atoms with Crippen LogP contribution in [-0.2, 0) is 6.42 Å². The maximum absolute atomic E-state index is 10.4. The Morgan fingerprint density at radius 1 is 1.28 bits per heavy atom. The Hall–Kier alpha value is -1.94. The van der Waals surface area contributed by atoms with Gasteiger partial charge in [0.2, 0.25) is 0 Å². The zero-order valence-corrected chi connectivity index (χ0v) is 9.91. The zero-order valence-electron chi connectivity index (χ0n) is 9.91. The Labute approximate surface area is 105 Å². The highest BCUT2D eigenvalue weighted by Gasteiger charge is 2.21. The fourth-order valence-corrected chi connectivity index (χ4v) is 2.24. The number of ether oxygens (including phenoxy) is 1. The molecule has 0 aliphatic carbocycles. The van der Waals surface area contributed by atoms with Gasteiger partial charge in [-0.15, -0.1) is 0 Å². The van der Waals surface area contributed by atoms with Crippen LogP contribution in [0.25, 0.3) is 0 Å². The molecule has 0 amide bonds. The molecule has 1 aromatic heterocycles. The van der Waals surface area contributed by atoms with Gasteiger partial charge in [-0.25, -0.2) is 0 Å². The SMILES string of the molecule is OC(c1cnccn1)c1cccc2c1OCCC2. The number of aromatic nitrogens is 2. The summed E-state index contributed by atoms with van der Waals surface area (Å²) in [4.78, 5) is 8.12. The van der Waals surface area contributed by atoms with Crippen molar-refractivity contribution >= 4 is 0 Å². The van der Waals surface area contributed by atoms with Gasteiger partial charge >= 0.3 is 0 Å². The van der Waals surface area contributed by atoms with Crippen LogP contribution in [0.15, 0.2) is 36.8 Å². The average Bonchev–Trinajstić information content (AvgIpc) is 2.47. The van der Waals surface area contributed by atoms with Gasteiger partial charge in [0.1, 0.15) is 11.9 Å². The summed E-state index contributed by atoms with van der Waals surface area (Å²) in [5.74, 6) is 0.807. The fourth-order valence-electron chi connectivity index (χ4n) is 2.24. The van der Waals surface area contributed by atoms with Crippen LogP contribution in [0.5, 0.6) is 5.75 Å². The molecule has 1 aromatic carbocycles. The molecule has 2 heterocycles. The molecular formula is C14H14N2O2. The van der Waals surface area contributed by atoms with Crippen molar-refractivity contribution in [3.8, 4) is 5.75 Å². The lowest BCUT2D eigenvalue weighted by Crippen LogP contribution is -2.13. The summed E-state index contributed by atoms with van der Waals surface area (Å²) in [6, 6.07) is 5.87. The largest absolute Gasteiger partial charge is 0.493 e. The van der Waals surface area contributed by atoms with E-state index in [1.54, 1.807) is 18.6 Å². The van der Waals surface area contributed by atoms with Crippen molar-refractivity contribution in [3.63, 3.8) is 0 Å². The molecule has 0 spiro atoms. The number of nitrogens with zero attached hydrogens (tertiary/aromatic N) is 2. The van der Waals surface area contributed by atoms with Crippen molar-refractivity contribution in [1.82, 2.24) is 9.97 Å². The number of benzene rings is 1. The van der Waals surface area contributed by atoms with Crippen molar-refractivity contribution in [2.45, 2.75) is 18.9 Å². The molecule has 4 heteroatoms. The number of hydrogen-bond donors (Lipinski definition) is 1. The lowest BCUT2D eigenvalue weighted by atomic mass is 9.98. The third-order valence-electron chi connectivity index (χ3n) is 3.12. The van der Waals surface area contributed by atoms with Crippen LogP contribution in [0.1, 0.15) is 29.3 Å². The Bertz CT molecular complexity index is 543. The Morgan fingerprint density at radius 3 is 3.06 bits per heavy atom. The summed E-state index contributed by atoms with van der Waals surface area (Å²) in [5, 5.41) is 10.4. The predicted octanol–water partition coefficient (Wildman–Crippen LogP) is 1.88. The van der Waals surface area contributed by atoms with E-state index in [4.69, 9.17) is 4.74 Å². The molecule has 18 heavy (non-hydrogen) atoms. The molecule has 1 unspecified atom stereocenters. The molecule has 0 bridgehead atoms. The molecule has 1 N–H and O–H groups in total. The molecule has 3 rings (SSSR count). The number of fused-ring (bicyclic) bond motifs is 1. The van der Waals surface area contributed by atoms with Gasteiger partial charge < -0.3 is 9.84 Å². The van der Waals surface area contributed by atoms with E-state index in [1.807, 2.05) is 18.2 Å². The van der Waals surface area contributed by atoms with Gasteiger partial charge in [-0.1, -0.05) is 18.2 Å². The number of aliphatic hydroxyl groups is 1. The summed E-state index contributed by atoms with van der Waals surface area (Å²) in [6.07, 6.45) is 5.98. The number of rotatable bonds is 2. The lowest BCUT2D eigenvalue weighted by molar-refractivity contribution is 0.202. The highest BCUT2D eigenvalue weighted by molar-refractivity contribution is 5.45. The number of aryl methyl sites for hydroxylation is 1. The van der Waals surface area contributed by atoms with Crippen LogP contribution in [0.2, 0.25) is 0 Å². The number of para-hydroxylation sites is 1. The van der Waals surface area contributed by atoms with E-state index in [9.17, 15) is 5.11 Å². The predicted molar refractivity (Wildman–Crippen MR) is 66.4 cm³/mol. The summed E-state index contributed by atoms with van der Waals surface area (Å²) in [6.45, 7) is 0.706. The van der Waals surface area contributed by atoms with E-state index < -0.39 is 6.10 Å². The molecule has 2 aromatic rings. The maximum Gasteiger partial charge on any atom is 0.128 e. The van der Waals surface area contributed by atoms with Crippen LogP contribution in [0, 0.1) is 0 Å². The van der Waals surface area contributed by atoms with E-state index in [0.717, 1.165) is 29.7 Å². The van der Waals surface area contributed by atoms with Gasteiger partial charge in [-0.2, -0.15) is 0 Å². The molecule has 0 saturated carbocycles. The van der Waals surface area contributed by atoms with E-state index in [2.05, 4.69) is 9.97 Å². The fraction of sp³-hybridized carbons (Fsp3) is 0.286. The normalized spacial score (nSPS) is 15.6. The molecule has 0 radical (unpaired) electrons. The second kappa shape index (κ2) is 4.74. The van der Waals surface area contributed by atoms with Gasteiger partial charge in [-0.05, 0) is 18.4 Å². The topological polar surface area (TPSA) is 55.2 Å². The van der Waals surface area contributed by atoms with Crippen LogP contribution < -0.4 is 4.74 Å². The van der Waals surface area contributed by atoms with E-state index >= 15 is 0 Å². The minimum Gasteiger partial charge on any atom is -0.493 e. The molecule has 1 atom stereocenters. The first-order chi connectivity index (χ1) is 8.86. The Kier molecular flexibility index (Phi) is 2.94. The van der Waals surface area contributed by atoms with E-state index in [-0.39, 0.29) is 0 Å². The first-order valence-electron chi connectivity index (χ1n) is 6.05. The second-order valence-corrected chi connectivity index (χ2v) is 4.32. The molecule has 1 aliphatic rings. The van der Waals surface area contributed by atoms with Crippen molar-refractivity contribution in [2.75, 3.05) is 6.61 Å². The summed E-state index contributed by atoms with van der Waals surface area (Å²) >= 11 is 0. The minimum atomic E-state index is -0.785. The Morgan fingerprint density at radius 2 is 2.22 bits per heavy atom. The smallest absolute Gasteiger partial charge is 0.128 e. The zero-order chi connectivity index (χ0) is 12.4. The summed E-state index contributed by atoms with van der Waals surface area (Å²) in [7, 11) is 0. The van der Waals surface area contributed by atoms with Crippen molar-refractivity contribution in [1.29, 1.82) is 0 Å². The van der Waals surface area contributed by atoms with Gasteiger partial charge in [0.25, 0.3) is 0 Å². The first-order valence-corrected chi connectivity index (χ1v) is 6.05. The van der Waals surface area contributed by atoms with Gasteiger partial charge in [0.05, 0.1) is 18.5 Å². The van der Waals surface area contributed by atoms with Crippen LogP contribution in [0.4, 0.5) is 0 Å². The second-order valence-electron chi connectivity index (χ2n) is 4.32. The molecule has 1 aliphatic heterocycles. The van der Waals surface area contributed by atoms with Crippen LogP contribution in [0.3, 0.4) is 0 Å². The molecule has 4 nitrogen and oxygen atoms in total. The van der Waals surface area contributed by atoms with Crippen molar-refractivity contribution in [2.24, 2.45) is 0 Å². The minimum absolute atomic E-state index is 0.542. The van der Waals surface area contributed by atoms with Crippen LogP contribution >= 0.6 is 0 Å². The monoisotopic (exact) mass is 242 g/mol. The van der Waals surface area contributed by atoms with Crippen molar-refractivity contribution in [3.05, 3.63) is 53.6 Å². The highest BCUT2D eigenvalue weighted by atomic mass is 16.5. The number of hydrogen-bond acceptors (Lipinski definition) is 4. The summed E-state index contributed by atoms with van der Waals surface area (Å²) < 4.78 is 5.69. The third kappa shape index (κ3) is 1.95. The molecule has 92 valence electrons. The quantitative estimate of drug-likeness (QED) is 0.873. The third-order valence-corrected chi connectivity index (χ3v) is 3.12. The average molecular weight is 242 g/mol. The van der Waals surface area contributed by atoms with E-state index in [1.165, 1.54) is 0 Å². The molecule has 0 saturated heterocycles. The Balaban J connectivity index is 2.02. The molecule has 0 fully saturated rings. The van der Waals surface area contributed by atoms with Crippen molar-refractivity contribution < 1.29 is 9.84 Å². The highest BCUT2D eigenvalue weighted by Crippen LogP contribution is 2.34. The van der Waals surface area contributed by atoms with Gasteiger partial charge in [-0.3, -0.25) is 9.97 Å². The maximum atomic E-state index is 10.4.